The summed E-state index contributed by atoms with van der Waals surface area (Å²) < 4.78 is 13.6. The van der Waals surface area contributed by atoms with Gasteiger partial charge in [0, 0.05) is 24.9 Å². The first-order chi connectivity index (χ1) is 12.9. The number of rotatable bonds is 6. The van der Waals surface area contributed by atoms with E-state index in [1.807, 2.05) is 0 Å². The highest BCUT2D eigenvalue weighted by Gasteiger charge is 2.37. The lowest BCUT2D eigenvalue weighted by molar-refractivity contribution is -0.383. The number of nitro groups is 1. The monoisotopic (exact) mass is 371 g/mol. The van der Waals surface area contributed by atoms with Gasteiger partial charge in [0.1, 0.15) is 11.5 Å². The van der Waals surface area contributed by atoms with E-state index in [1.165, 1.54) is 24.3 Å². The molecule has 140 valence electrons. The molecule has 2 amide bonds. The highest BCUT2D eigenvalue weighted by molar-refractivity contribution is 6.21. The number of hydrogen-bond donors (Lipinski definition) is 1. The number of nitro benzene ring substituents is 1. The molecule has 2 aromatic rings. The lowest BCUT2D eigenvalue weighted by atomic mass is 10.1. The maximum absolute atomic E-state index is 13.6. The topological polar surface area (TPSA) is 92.6 Å². The maximum atomic E-state index is 13.6. The molecule has 0 saturated carbocycles. The Morgan fingerprint density at radius 1 is 1.26 bits per heavy atom. The van der Waals surface area contributed by atoms with E-state index >= 15 is 0 Å². The molecule has 8 heteroatoms. The van der Waals surface area contributed by atoms with Crippen LogP contribution in [0.1, 0.15) is 18.9 Å². The summed E-state index contributed by atoms with van der Waals surface area (Å²) in [6.45, 7) is 1.94. The fraction of sp³-hybridized carbons (Fsp3) is 0.263. The maximum Gasteiger partial charge on any atom is 0.294 e. The van der Waals surface area contributed by atoms with Gasteiger partial charge in [-0.25, -0.2) is 4.39 Å². The second kappa shape index (κ2) is 7.53. The van der Waals surface area contributed by atoms with Gasteiger partial charge in [0.2, 0.25) is 11.8 Å². The van der Waals surface area contributed by atoms with Crippen LogP contribution in [0.3, 0.4) is 0 Å². The van der Waals surface area contributed by atoms with Crippen LogP contribution in [0.25, 0.3) is 0 Å². The molecular weight excluding hydrogens is 353 g/mol. The number of benzene rings is 2. The summed E-state index contributed by atoms with van der Waals surface area (Å²) in [7, 11) is 0. The third-order valence-electron chi connectivity index (χ3n) is 4.48. The molecule has 27 heavy (non-hydrogen) atoms. The lowest BCUT2D eigenvalue weighted by Crippen LogP contribution is -2.30. The van der Waals surface area contributed by atoms with E-state index < -0.39 is 10.8 Å². The van der Waals surface area contributed by atoms with Crippen molar-refractivity contribution in [2.45, 2.75) is 19.8 Å². The van der Waals surface area contributed by atoms with Crippen LogP contribution in [0.15, 0.2) is 42.5 Å². The van der Waals surface area contributed by atoms with Crippen molar-refractivity contribution in [2.24, 2.45) is 5.92 Å². The van der Waals surface area contributed by atoms with Crippen molar-refractivity contribution in [1.29, 1.82) is 0 Å². The first-order valence-electron chi connectivity index (χ1n) is 8.51. The molecular formula is C19H18FN3O4. The van der Waals surface area contributed by atoms with Gasteiger partial charge >= 0.3 is 0 Å². The number of nitrogens with zero attached hydrogens (tertiary/aromatic N) is 2. The summed E-state index contributed by atoms with van der Waals surface area (Å²) in [6.07, 6.45) is 0.446. The Balaban J connectivity index is 1.78. The average Bonchev–Trinajstić information content (AvgIpc) is 2.89. The molecule has 1 atom stereocenters. The fourth-order valence-corrected chi connectivity index (χ4v) is 3.05. The minimum Gasteiger partial charge on any atom is -0.379 e. The first kappa shape index (κ1) is 18.5. The zero-order chi connectivity index (χ0) is 19.6. The normalized spacial score (nSPS) is 16.7. The fourth-order valence-electron chi connectivity index (χ4n) is 3.05. The smallest absolute Gasteiger partial charge is 0.294 e. The van der Waals surface area contributed by atoms with E-state index in [-0.39, 0.29) is 41.1 Å². The molecule has 1 aliphatic heterocycles. The van der Waals surface area contributed by atoms with Crippen LogP contribution >= 0.6 is 0 Å². The molecule has 0 aromatic heterocycles. The van der Waals surface area contributed by atoms with Crippen molar-refractivity contribution in [2.75, 3.05) is 16.8 Å². The van der Waals surface area contributed by atoms with Crippen molar-refractivity contribution in [3.05, 3.63) is 64.0 Å². The van der Waals surface area contributed by atoms with Gasteiger partial charge in [-0.05, 0) is 30.2 Å². The lowest BCUT2D eigenvalue weighted by Gasteiger charge is -2.15. The van der Waals surface area contributed by atoms with Crippen LogP contribution in [0, 0.1) is 21.8 Å². The molecule has 1 aliphatic rings. The highest BCUT2D eigenvalue weighted by atomic mass is 19.1. The van der Waals surface area contributed by atoms with Crippen molar-refractivity contribution in [3.8, 4) is 0 Å². The Morgan fingerprint density at radius 2 is 2.00 bits per heavy atom. The molecule has 1 unspecified atom stereocenters. The van der Waals surface area contributed by atoms with Crippen LogP contribution in [0.5, 0.6) is 0 Å². The Bertz CT molecular complexity index is 916. The second-order valence-corrected chi connectivity index (χ2v) is 6.40. The number of anilines is 2. The number of halogens is 1. The van der Waals surface area contributed by atoms with Crippen LogP contribution in [-0.2, 0) is 16.0 Å². The SMILES string of the molecule is CC1CC(=O)N(c2ccc(NCCc3ccccc3F)c([N+](=O)[O-])c2)C1=O. The third-order valence-corrected chi connectivity index (χ3v) is 4.48. The molecule has 3 rings (SSSR count). The van der Waals surface area contributed by atoms with Crippen molar-refractivity contribution in [1.82, 2.24) is 0 Å². The van der Waals surface area contributed by atoms with E-state index in [0.717, 1.165) is 4.90 Å². The quantitative estimate of drug-likeness (QED) is 0.478. The summed E-state index contributed by atoms with van der Waals surface area (Å²) in [5, 5.41) is 14.3. The molecule has 7 nitrogen and oxygen atoms in total. The van der Waals surface area contributed by atoms with E-state index in [4.69, 9.17) is 0 Å². The third kappa shape index (κ3) is 3.79. The van der Waals surface area contributed by atoms with Gasteiger partial charge in [-0.15, -0.1) is 0 Å². The Hall–Kier alpha value is -3.29. The number of carbonyl (C=O) groups is 2. The van der Waals surface area contributed by atoms with Crippen LogP contribution in [0.2, 0.25) is 0 Å². The molecule has 1 fully saturated rings. The molecule has 1 heterocycles. The Morgan fingerprint density at radius 3 is 2.63 bits per heavy atom. The average molecular weight is 371 g/mol. The molecule has 0 bridgehead atoms. The van der Waals surface area contributed by atoms with E-state index in [9.17, 15) is 24.1 Å². The number of carbonyl (C=O) groups excluding carboxylic acids is 2. The van der Waals surface area contributed by atoms with Gasteiger partial charge in [0.15, 0.2) is 0 Å². The van der Waals surface area contributed by atoms with Gasteiger partial charge < -0.3 is 5.32 Å². The molecule has 0 aliphatic carbocycles. The number of hydrogen-bond acceptors (Lipinski definition) is 5. The summed E-state index contributed by atoms with van der Waals surface area (Å²) in [4.78, 5) is 36.0. The highest BCUT2D eigenvalue weighted by Crippen LogP contribution is 2.33. The Labute approximate surface area is 154 Å². The van der Waals surface area contributed by atoms with Crippen LogP contribution in [-0.4, -0.2) is 23.3 Å². The summed E-state index contributed by atoms with van der Waals surface area (Å²) in [5.74, 6) is -1.50. The predicted molar refractivity (Wildman–Crippen MR) is 98.0 cm³/mol. The van der Waals surface area contributed by atoms with Crippen molar-refractivity contribution in [3.63, 3.8) is 0 Å². The first-order valence-corrected chi connectivity index (χ1v) is 8.51. The van der Waals surface area contributed by atoms with E-state index in [1.54, 1.807) is 25.1 Å². The van der Waals surface area contributed by atoms with E-state index in [0.29, 0.717) is 18.5 Å². The van der Waals surface area contributed by atoms with Gasteiger partial charge in [-0.1, -0.05) is 25.1 Å². The summed E-state index contributed by atoms with van der Waals surface area (Å²) in [6, 6.07) is 10.5. The minimum atomic E-state index is -0.580. The standard InChI is InChI=1S/C19H18FN3O4/c1-12-10-18(24)22(19(12)25)14-6-7-16(17(11-14)23(26)27)21-9-8-13-4-2-3-5-15(13)20/h2-7,11-12,21H,8-10H2,1H3. The molecule has 0 spiro atoms. The molecule has 2 aromatic carbocycles. The largest absolute Gasteiger partial charge is 0.379 e. The number of imide groups is 1. The Kier molecular flexibility index (Phi) is 5.16. The number of nitrogens with one attached hydrogen (secondary N) is 1. The summed E-state index contributed by atoms with van der Waals surface area (Å²) in [5.41, 5.74) is 0.681. The molecule has 1 saturated heterocycles. The zero-order valence-corrected chi connectivity index (χ0v) is 14.6. The van der Waals surface area contributed by atoms with Gasteiger partial charge in [-0.2, -0.15) is 0 Å². The van der Waals surface area contributed by atoms with Gasteiger partial charge in [0.05, 0.1) is 10.6 Å². The van der Waals surface area contributed by atoms with Crippen LogP contribution in [0.4, 0.5) is 21.5 Å². The van der Waals surface area contributed by atoms with Gasteiger partial charge in [0.25, 0.3) is 5.69 Å². The van der Waals surface area contributed by atoms with Gasteiger partial charge in [-0.3, -0.25) is 24.6 Å². The zero-order valence-electron chi connectivity index (χ0n) is 14.6. The molecule has 1 N–H and O–H groups in total. The van der Waals surface area contributed by atoms with Crippen molar-refractivity contribution < 1.29 is 18.9 Å². The molecule has 0 radical (unpaired) electrons. The summed E-state index contributed by atoms with van der Waals surface area (Å²) >= 11 is 0. The van der Waals surface area contributed by atoms with Crippen LogP contribution < -0.4 is 10.2 Å². The minimum absolute atomic E-state index is 0.0925. The second-order valence-electron chi connectivity index (χ2n) is 6.40. The predicted octanol–water partition coefficient (Wildman–Crippen LogP) is 3.29. The number of amides is 2. The van der Waals surface area contributed by atoms with Crippen molar-refractivity contribution >= 4 is 28.9 Å². The van der Waals surface area contributed by atoms with E-state index in [2.05, 4.69) is 5.32 Å².